The summed E-state index contributed by atoms with van der Waals surface area (Å²) in [6, 6.07) is 5.45. The summed E-state index contributed by atoms with van der Waals surface area (Å²) in [6.07, 6.45) is 0.710. The minimum atomic E-state index is -3.69. The maximum atomic E-state index is 13.4. The molecule has 0 amide bonds. The number of benzene rings is 1. The zero-order chi connectivity index (χ0) is 14.2. The molecule has 18 heavy (non-hydrogen) atoms. The molecule has 104 valence electrons. The molecule has 0 aliphatic rings. The zero-order valence-electron chi connectivity index (χ0n) is 11.5. The second-order valence-corrected chi connectivity index (χ2v) is 5.33. The molecule has 3 nitrogen and oxygen atoms in total. The molecule has 0 heterocycles. The fourth-order valence-corrected chi connectivity index (χ4v) is 3.10. The highest BCUT2D eigenvalue weighted by Crippen LogP contribution is 2.18. The Morgan fingerprint density at radius 1 is 1.17 bits per heavy atom. The molecule has 0 spiro atoms. The highest BCUT2D eigenvalue weighted by molar-refractivity contribution is 7.89. The van der Waals surface area contributed by atoms with Crippen LogP contribution in [0, 0.1) is 5.82 Å². The van der Waals surface area contributed by atoms with E-state index in [4.69, 9.17) is 0 Å². The molecule has 1 rings (SSSR count). The van der Waals surface area contributed by atoms with Crippen molar-refractivity contribution in [1.82, 2.24) is 4.31 Å². The van der Waals surface area contributed by atoms with E-state index in [1.807, 2.05) is 20.8 Å². The number of nitrogens with zero attached hydrogens (tertiary/aromatic N) is 1. The number of hydrogen-bond donors (Lipinski definition) is 0. The highest BCUT2D eigenvalue weighted by atomic mass is 32.2. The van der Waals surface area contributed by atoms with Crippen LogP contribution in [0.1, 0.15) is 34.1 Å². The Kier molecular flexibility index (Phi) is 7.78. The number of hydrogen-bond acceptors (Lipinski definition) is 2. The predicted molar refractivity (Wildman–Crippen MR) is 72.5 cm³/mol. The summed E-state index contributed by atoms with van der Waals surface area (Å²) < 4.78 is 38.8. The topological polar surface area (TPSA) is 37.4 Å². The Labute approximate surface area is 110 Å². The van der Waals surface area contributed by atoms with Crippen molar-refractivity contribution < 1.29 is 12.8 Å². The van der Waals surface area contributed by atoms with E-state index in [1.165, 1.54) is 22.5 Å². The number of halogens is 1. The van der Waals surface area contributed by atoms with Crippen molar-refractivity contribution >= 4 is 10.0 Å². The summed E-state index contributed by atoms with van der Waals surface area (Å²) in [7, 11) is -3.69. The normalized spacial score (nSPS) is 11.0. The first-order valence-electron chi connectivity index (χ1n) is 6.28. The Morgan fingerprint density at radius 3 is 2.17 bits per heavy atom. The lowest BCUT2D eigenvalue weighted by atomic mass is 10.3. The first-order valence-corrected chi connectivity index (χ1v) is 7.72. The maximum Gasteiger partial charge on any atom is 0.245 e. The van der Waals surface area contributed by atoms with E-state index in [0.29, 0.717) is 19.5 Å². The van der Waals surface area contributed by atoms with Gasteiger partial charge in [0.1, 0.15) is 10.7 Å². The first kappa shape index (κ1) is 17.1. The first-order chi connectivity index (χ1) is 8.54. The van der Waals surface area contributed by atoms with Crippen LogP contribution in [-0.2, 0) is 10.0 Å². The molecule has 1 aromatic carbocycles. The van der Waals surface area contributed by atoms with Gasteiger partial charge in [-0.05, 0) is 18.6 Å². The van der Waals surface area contributed by atoms with Crippen LogP contribution in [0.5, 0.6) is 0 Å². The predicted octanol–water partition coefficient (Wildman–Crippen LogP) is 3.27. The number of sulfonamides is 1. The zero-order valence-corrected chi connectivity index (χ0v) is 12.3. The molecule has 0 saturated heterocycles. The minimum absolute atomic E-state index is 0.245. The van der Waals surface area contributed by atoms with Crippen molar-refractivity contribution in [2.75, 3.05) is 13.1 Å². The minimum Gasteiger partial charge on any atom is -0.207 e. The van der Waals surface area contributed by atoms with Crippen molar-refractivity contribution in [2.24, 2.45) is 0 Å². The van der Waals surface area contributed by atoms with Gasteiger partial charge >= 0.3 is 0 Å². The summed E-state index contributed by atoms with van der Waals surface area (Å²) in [5.74, 6) is -0.697. The van der Waals surface area contributed by atoms with Gasteiger partial charge in [-0.2, -0.15) is 4.31 Å². The van der Waals surface area contributed by atoms with Crippen LogP contribution in [-0.4, -0.2) is 25.8 Å². The van der Waals surface area contributed by atoms with Crippen LogP contribution in [0.15, 0.2) is 29.2 Å². The van der Waals surface area contributed by atoms with Crippen molar-refractivity contribution in [2.45, 2.75) is 39.0 Å². The van der Waals surface area contributed by atoms with Gasteiger partial charge in [0.2, 0.25) is 10.0 Å². The Hall–Kier alpha value is -0.940. The smallest absolute Gasteiger partial charge is 0.207 e. The molecule has 1 aromatic rings. The van der Waals surface area contributed by atoms with Crippen LogP contribution in [0.4, 0.5) is 4.39 Å². The summed E-state index contributed by atoms with van der Waals surface area (Å²) in [5.41, 5.74) is 0. The fourth-order valence-electron chi connectivity index (χ4n) is 1.49. The molecule has 0 aromatic heterocycles. The fraction of sp³-hybridized carbons (Fsp3) is 0.538. The lowest BCUT2D eigenvalue weighted by Gasteiger charge is -2.19. The van der Waals surface area contributed by atoms with Gasteiger partial charge in [-0.1, -0.05) is 39.8 Å². The largest absolute Gasteiger partial charge is 0.245 e. The lowest BCUT2D eigenvalue weighted by Crippen LogP contribution is -2.32. The summed E-state index contributed by atoms with van der Waals surface area (Å²) in [5, 5.41) is 0. The SMILES string of the molecule is CC.CCCN(CC)S(=O)(=O)c1ccccc1F. The van der Waals surface area contributed by atoms with Crippen molar-refractivity contribution in [3.8, 4) is 0 Å². The molecule has 0 atom stereocenters. The van der Waals surface area contributed by atoms with E-state index in [2.05, 4.69) is 0 Å². The van der Waals surface area contributed by atoms with E-state index in [0.717, 1.165) is 6.07 Å². The monoisotopic (exact) mass is 275 g/mol. The van der Waals surface area contributed by atoms with Crippen molar-refractivity contribution in [1.29, 1.82) is 0 Å². The summed E-state index contributed by atoms with van der Waals surface area (Å²) >= 11 is 0. The van der Waals surface area contributed by atoms with E-state index in [9.17, 15) is 12.8 Å². The van der Waals surface area contributed by atoms with Crippen LogP contribution in [0.25, 0.3) is 0 Å². The summed E-state index contributed by atoms with van der Waals surface area (Å²) in [6.45, 7) is 8.39. The second kappa shape index (κ2) is 8.21. The molecule has 0 bridgehead atoms. The highest BCUT2D eigenvalue weighted by Gasteiger charge is 2.24. The third-order valence-corrected chi connectivity index (χ3v) is 4.29. The van der Waals surface area contributed by atoms with Gasteiger partial charge in [-0.25, -0.2) is 12.8 Å². The van der Waals surface area contributed by atoms with Gasteiger partial charge in [0, 0.05) is 13.1 Å². The Bertz CT molecular complexity index is 446. The molecule has 0 aliphatic carbocycles. The second-order valence-electron chi connectivity index (χ2n) is 3.43. The summed E-state index contributed by atoms with van der Waals surface area (Å²) in [4.78, 5) is -0.245. The average Bonchev–Trinajstić information content (AvgIpc) is 2.38. The van der Waals surface area contributed by atoms with Gasteiger partial charge in [0.15, 0.2) is 0 Å². The molecule has 0 saturated carbocycles. The molecular formula is C13H22FNO2S. The maximum absolute atomic E-state index is 13.4. The Morgan fingerprint density at radius 2 is 1.72 bits per heavy atom. The van der Waals surface area contributed by atoms with Gasteiger partial charge < -0.3 is 0 Å². The van der Waals surface area contributed by atoms with E-state index >= 15 is 0 Å². The molecule has 5 heteroatoms. The molecule has 0 unspecified atom stereocenters. The van der Waals surface area contributed by atoms with E-state index in [1.54, 1.807) is 6.92 Å². The average molecular weight is 275 g/mol. The third-order valence-electron chi connectivity index (χ3n) is 2.28. The molecular weight excluding hydrogens is 253 g/mol. The van der Waals surface area contributed by atoms with Crippen LogP contribution in [0.3, 0.4) is 0 Å². The van der Waals surface area contributed by atoms with Crippen LogP contribution in [0.2, 0.25) is 0 Å². The van der Waals surface area contributed by atoms with Gasteiger partial charge in [-0.15, -0.1) is 0 Å². The van der Waals surface area contributed by atoms with Gasteiger partial charge in [0.25, 0.3) is 0 Å². The van der Waals surface area contributed by atoms with Crippen molar-refractivity contribution in [3.63, 3.8) is 0 Å². The molecule has 0 radical (unpaired) electrons. The van der Waals surface area contributed by atoms with Crippen LogP contribution >= 0.6 is 0 Å². The third kappa shape index (κ3) is 4.07. The quantitative estimate of drug-likeness (QED) is 0.827. The van der Waals surface area contributed by atoms with Gasteiger partial charge in [0.05, 0.1) is 0 Å². The Balaban J connectivity index is 0.00000137. The lowest BCUT2D eigenvalue weighted by molar-refractivity contribution is 0.423. The van der Waals surface area contributed by atoms with E-state index in [-0.39, 0.29) is 4.90 Å². The molecule has 0 N–H and O–H groups in total. The van der Waals surface area contributed by atoms with Crippen molar-refractivity contribution in [3.05, 3.63) is 30.1 Å². The number of rotatable bonds is 5. The standard InChI is InChI=1S/C11H16FNO2S.C2H6/c1-3-9-13(4-2)16(14,15)11-8-6-5-7-10(11)12;1-2/h5-8H,3-4,9H2,1-2H3;1-2H3. The molecule has 0 aliphatic heterocycles. The van der Waals surface area contributed by atoms with Gasteiger partial charge in [-0.3, -0.25) is 0 Å². The van der Waals surface area contributed by atoms with E-state index < -0.39 is 15.8 Å². The van der Waals surface area contributed by atoms with Crippen LogP contribution < -0.4 is 0 Å². The molecule has 0 fully saturated rings.